The highest BCUT2D eigenvalue weighted by Crippen LogP contribution is 2.20. The van der Waals surface area contributed by atoms with Crippen LogP contribution >= 0.6 is 0 Å². The number of carboxylic acids is 1. The normalized spacial score (nSPS) is 25.6. The Balaban J connectivity index is 2.68. The molecule has 1 fully saturated rings. The van der Waals surface area contributed by atoms with Crippen LogP contribution in [0.4, 0.5) is 0 Å². The van der Waals surface area contributed by atoms with Crippen LogP contribution in [0.3, 0.4) is 0 Å². The van der Waals surface area contributed by atoms with Gasteiger partial charge in [-0.25, -0.2) is 4.79 Å². The monoisotopic (exact) mass is 216 g/mol. The van der Waals surface area contributed by atoms with Gasteiger partial charge in [0, 0.05) is 33.0 Å². The number of carboxylic acid groups (broad SMARTS) is 1. The lowest BCUT2D eigenvalue weighted by atomic mass is 10.2. The van der Waals surface area contributed by atoms with Crippen molar-refractivity contribution in [1.82, 2.24) is 4.90 Å². The van der Waals surface area contributed by atoms with Crippen LogP contribution < -0.4 is 5.73 Å². The molecule has 0 spiro atoms. The van der Waals surface area contributed by atoms with E-state index < -0.39 is 12.0 Å². The maximum Gasteiger partial charge on any atom is 0.326 e. The summed E-state index contributed by atoms with van der Waals surface area (Å²) in [6.07, 6.45) is 0.343. The number of likely N-dealkylation sites (tertiary alicyclic amines) is 1. The van der Waals surface area contributed by atoms with Crippen LogP contribution in [0.1, 0.15) is 12.8 Å². The van der Waals surface area contributed by atoms with Crippen LogP contribution in [0.15, 0.2) is 0 Å². The Bertz CT molecular complexity index is 256. The van der Waals surface area contributed by atoms with Crippen molar-refractivity contribution >= 4 is 11.9 Å². The first kappa shape index (κ1) is 11.9. The number of carbonyl (C=O) groups excluding carboxylic acids is 1. The number of nitrogens with two attached hydrogens (primary N) is 1. The van der Waals surface area contributed by atoms with Gasteiger partial charge in [0.15, 0.2) is 0 Å². The summed E-state index contributed by atoms with van der Waals surface area (Å²) < 4.78 is 5.06. The summed E-state index contributed by atoms with van der Waals surface area (Å²) in [5, 5.41) is 8.93. The molecular formula is C9H16N2O4. The smallest absolute Gasteiger partial charge is 0.326 e. The highest BCUT2D eigenvalue weighted by Gasteiger charge is 2.39. The van der Waals surface area contributed by atoms with E-state index in [-0.39, 0.29) is 25.0 Å². The molecule has 0 bridgehead atoms. The van der Waals surface area contributed by atoms with Crippen LogP contribution in [0.25, 0.3) is 0 Å². The second-order valence-electron chi connectivity index (χ2n) is 3.53. The molecule has 1 heterocycles. The fourth-order valence-corrected chi connectivity index (χ4v) is 1.75. The Morgan fingerprint density at radius 2 is 2.27 bits per heavy atom. The SMILES string of the molecule is COC1CC(C(=O)O)N(C(=O)CCN)C1. The second-order valence-corrected chi connectivity index (χ2v) is 3.53. The lowest BCUT2D eigenvalue weighted by Gasteiger charge is -2.20. The van der Waals surface area contributed by atoms with Crippen molar-refractivity contribution in [2.45, 2.75) is 25.0 Å². The molecule has 6 heteroatoms. The van der Waals surface area contributed by atoms with Crippen molar-refractivity contribution in [3.63, 3.8) is 0 Å². The molecule has 15 heavy (non-hydrogen) atoms. The molecule has 6 nitrogen and oxygen atoms in total. The summed E-state index contributed by atoms with van der Waals surface area (Å²) in [4.78, 5) is 23.8. The summed E-state index contributed by atoms with van der Waals surface area (Å²) in [5.74, 6) is -1.20. The number of hydrogen-bond acceptors (Lipinski definition) is 4. The summed E-state index contributed by atoms with van der Waals surface area (Å²) >= 11 is 0. The number of hydrogen-bond donors (Lipinski definition) is 2. The van der Waals surface area contributed by atoms with Gasteiger partial charge in [0.2, 0.25) is 5.91 Å². The van der Waals surface area contributed by atoms with Gasteiger partial charge >= 0.3 is 5.97 Å². The van der Waals surface area contributed by atoms with E-state index in [1.54, 1.807) is 0 Å². The average Bonchev–Trinajstić information content (AvgIpc) is 2.61. The molecule has 1 amide bonds. The predicted octanol–water partition coefficient (Wildman–Crippen LogP) is -0.964. The molecular weight excluding hydrogens is 200 g/mol. The largest absolute Gasteiger partial charge is 0.480 e. The van der Waals surface area contributed by atoms with Gasteiger partial charge < -0.3 is 20.5 Å². The van der Waals surface area contributed by atoms with E-state index in [1.165, 1.54) is 12.0 Å². The number of nitrogens with zero attached hydrogens (tertiary/aromatic N) is 1. The number of methoxy groups -OCH3 is 1. The zero-order valence-electron chi connectivity index (χ0n) is 8.68. The van der Waals surface area contributed by atoms with Crippen molar-refractivity contribution in [2.75, 3.05) is 20.2 Å². The van der Waals surface area contributed by atoms with Crippen molar-refractivity contribution in [1.29, 1.82) is 0 Å². The molecule has 2 atom stereocenters. The number of ether oxygens (including phenoxy) is 1. The van der Waals surface area contributed by atoms with Gasteiger partial charge in [-0.1, -0.05) is 0 Å². The fraction of sp³-hybridized carbons (Fsp3) is 0.778. The maximum absolute atomic E-state index is 11.5. The second kappa shape index (κ2) is 5.09. The minimum absolute atomic E-state index is 0.181. The predicted molar refractivity (Wildman–Crippen MR) is 52.2 cm³/mol. The molecule has 1 saturated heterocycles. The van der Waals surface area contributed by atoms with E-state index in [0.717, 1.165) is 0 Å². The molecule has 1 rings (SSSR count). The molecule has 0 aromatic carbocycles. The molecule has 2 unspecified atom stereocenters. The summed E-state index contributed by atoms with van der Waals surface area (Å²) in [6.45, 7) is 0.575. The quantitative estimate of drug-likeness (QED) is 0.631. The van der Waals surface area contributed by atoms with E-state index >= 15 is 0 Å². The first-order valence-corrected chi connectivity index (χ1v) is 4.85. The Hall–Kier alpha value is -1.14. The number of carbonyl (C=O) groups is 2. The molecule has 86 valence electrons. The zero-order chi connectivity index (χ0) is 11.4. The molecule has 1 aliphatic heterocycles. The first-order chi connectivity index (χ1) is 7.10. The van der Waals surface area contributed by atoms with Crippen molar-refractivity contribution in [2.24, 2.45) is 5.73 Å². The van der Waals surface area contributed by atoms with Crippen molar-refractivity contribution in [3.05, 3.63) is 0 Å². The lowest BCUT2D eigenvalue weighted by Crippen LogP contribution is -2.41. The van der Waals surface area contributed by atoms with Gasteiger partial charge in [-0.3, -0.25) is 4.79 Å². The Morgan fingerprint density at radius 1 is 1.60 bits per heavy atom. The van der Waals surface area contributed by atoms with E-state index in [1.807, 2.05) is 0 Å². The Labute approximate surface area is 88.0 Å². The zero-order valence-corrected chi connectivity index (χ0v) is 8.68. The minimum Gasteiger partial charge on any atom is -0.480 e. The van der Waals surface area contributed by atoms with Gasteiger partial charge in [-0.15, -0.1) is 0 Å². The van der Waals surface area contributed by atoms with Crippen LogP contribution in [0, 0.1) is 0 Å². The fourth-order valence-electron chi connectivity index (χ4n) is 1.75. The van der Waals surface area contributed by atoms with Gasteiger partial charge in [0.05, 0.1) is 6.10 Å². The molecule has 0 radical (unpaired) electrons. The highest BCUT2D eigenvalue weighted by atomic mass is 16.5. The molecule has 3 N–H and O–H groups in total. The highest BCUT2D eigenvalue weighted by molar-refractivity contribution is 5.84. The topological polar surface area (TPSA) is 92.9 Å². The molecule has 0 aromatic rings. The minimum atomic E-state index is -0.986. The Kier molecular flexibility index (Phi) is 4.05. The van der Waals surface area contributed by atoms with E-state index in [2.05, 4.69) is 0 Å². The lowest BCUT2D eigenvalue weighted by molar-refractivity contribution is -0.148. The van der Waals surface area contributed by atoms with E-state index in [9.17, 15) is 9.59 Å². The maximum atomic E-state index is 11.5. The van der Waals surface area contributed by atoms with Crippen molar-refractivity contribution < 1.29 is 19.4 Å². The third-order valence-electron chi connectivity index (χ3n) is 2.56. The van der Waals surface area contributed by atoms with Crippen LogP contribution in [-0.2, 0) is 14.3 Å². The molecule has 0 saturated carbocycles. The number of aliphatic carboxylic acids is 1. The van der Waals surface area contributed by atoms with Gasteiger partial charge in [0.25, 0.3) is 0 Å². The third-order valence-corrected chi connectivity index (χ3v) is 2.56. The third kappa shape index (κ3) is 2.66. The number of amides is 1. The summed E-state index contributed by atoms with van der Waals surface area (Å²) in [5.41, 5.74) is 5.26. The molecule has 1 aliphatic rings. The molecule has 0 aromatic heterocycles. The van der Waals surface area contributed by atoms with Gasteiger partial charge in [-0.05, 0) is 0 Å². The van der Waals surface area contributed by atoms with Crippen molar-refractivity contribution in [3.8, 4) is 0 Å². The van der Waals surface area contributed by atoms with Gasteiger partial charge in [0.1, 0.15) is 6.04 Å². The number of rotatable bonds is 4. The summed E-state index contributed by atoms with van der Waals surface area (Å²) in [7, 11) is 1.51. The van der Waals surface area contributed by atoms with Gasteiger partial charge in [-0.2, -0.15) is 0 Å². The Morgan fingerprint density at radius 3 is 2.73 bits per heavy atom. The molecule has 0 aliphatic carbocycles. The standard InChI is InChI=1S/C9H16N2O4/c1-15-6-4-7(9(13)14)11(5-6)8(12)2-3-10/h6-7H,2-5,10H2,1H3,(H,13,14). The average molecular weight is 216 g/mol. The first-order valence-electron chi connectivity index (χ1n) is 4.85. The summed E-state index contributed by atoms with van der Waals surface area (Å²) in [6, 6.07) is -0.769. The van der Waals surface area contributed by atoms with Crippen LogP contribution in [0.2, 0.25) is 0 Å². The van der Waals surface area contributed by atoms with E-state index in [4.69, 9.17) is 15.6 Å². The van der Waals surface area contributed by atoms with E-state index in [0.29, 0.717) is 13.0 Å². The van der Waals surface area contributed by atoms with Crippen LogP contribution in [-0.4, -0.2) is 54.2 Å². The van der Waals surface area contributed by atoms with Crippen LogP contribution in [0.5, 0.6) is 0 Å².